The Bertz CT molecular complexity index is 263. The van der Waals surface area contributed by atoms with Crippen LogP contribution in [-0.2, 0) is 12.8 Å². The number of aryl methyl sites for hydroxylation is 2. The van der Waals surface area contributed by atoms with Crippen LogP contribution in [0.15, 0.2) is 24.3 Å². The van der Waals surface area contributed by atoms with Gasteiger partial charge >= 0.3 is 0 Å². The van der Waals surface area contributed by atoms with Gasteiger partial charge in [0.2, 0.25) is 0 Å². The Morgan fingerprint density at radius 1 is 0.812 bits per heavy atom. The molecule has 0 unspecified atom stereocenters. The van der Waals surface area contributed by atoms with Gasteiger partial charge in [-0.25, -0.2) is 0 Å². The van der Waals surface area contributed by atoms with Gasteiger partial charge in [-0.3, -0.25) is 0 Å². The Labute approximate surface area is 109 Å². The summed E-state index contributed by atoms with van der Waals surface area (Å²) >= 11 is 3.47. The summed E-state index contributed by atoms with van der Waals surface area (Å²) in [6.45, 7) is 2.27. The molecule has 0 aliphatic rings. The van der Waals surface area contributed by atoms with Crippen LogP contribution in [0.25, 0.3) is 0 Å². The average Bonchev–Trinajstić information content (AvgIpc) is 2.31. The first kappa shape index (κ1) is 13.8. The molecule has 0 saturated carbocycles. The van der Waals surface area contributed by atoms with Crippen LogP contribution < -0.4 is 0 Å². The van der Waals surface area contributed by atoms with E-state index >= 15 is 0 Å². The van der Waals surface area contributed by atoms with Crippen molar-refractivity contribution in [3.05, 3.63) is 35.4 Å². The molecule has 0 atom stereocenters. The van der Waals surface area contributed by atoms with Crippen molar-refractivity contribution in [2.75, 3.05) is 5.33 Å². The zero-order valence-electron chi connectivity index (χ0n) is 10.3. The maximum Gasteiger partial charge on any atom is 0.00718 e. The van der Waals surface area contributed by atoms with Crippen LogP contribution >= 0.6 is 15.9 Å². The molecular formula is C15H23Br. The SMILES string of the molecule is CCCCCCCc1ccc(CCBr)cc1. The van der Waals surface area contributed by atoms with E-state index in [0.29, 0.717) is 0 Å². The van der Waals surface area contributed by atoms with E-state index in [1.54, 1.807) is 0 Å². The molecule has 16 heavy (non-hydrogen) atoms. The molecule has 0 N–H and O–H groups in total. The molecule has 1 aromatic rings. The second kappa shape index (κ2) is 8.81. The number of benzene rings is 1. The monoisotopic (exact) mass is 282 g/mol. The van der Waals surface area contributed by atoms with E-state index in [1.807, 2.05) is 0 Å². The third-order valence-electron chi connectivity index (χ3n) is 2.98. The van der Waals surface area contributed by atoms with Crippen LogP contribution in [0.3, 0.4) is 0 Å². The first-order valence-corrected chi connectivity index (χ1v) is 7.62. The Kier molecular flexibility index (Phi) is 7.58. The Morgan fingerprint density at radius 2 is 1.38 bits per heavy atom. The lowest BCUT2D eigenvalue weighted by atomic mass is 10.0. The maximum atomic E-state index is 3.47. The van der Waals surface area contributed by atoms with Gasteiger partial charge in [-0.2, -0.15) is 0 Å². The normalized spacial score (nSPS) is 10.6. The predicted octanol–water partition coefficient (Wildman–Crippen LogP) is 5.14. The minimum absolute atomic E-state index is 1.06. The number of hydrogen-bond acceptors (Lipinski definition) is 0. The summed E-state index contributed by atoms with van der Waals surface area (Å²) in [6, 6.07) is 9.11. The third-order valence-corrected chi connectivity index (χ3v) is 3.37. The molecule has 0 amide bonds. The molecule has 0 saturated heterocycles. The van der Waals surface area contributed by atoms with Crippen LogP contribution in [0.4, 0.5) is 0 Å². The smallest absolute Gasteiger partial charge is 0.00718 e. The number of unbranched alkanes of at least 4 members (excludes halogenated alkanes) is 4. The Morgan fingerprint density at radius 3 is 1.94 bits per heavy atom. The number of hydrogen-bond donors (Lipinski definition) is 0. The van der Waals surface area contributed by atoms with E-state index < -0.39 is 0 Å². The standard InChI is InChI=1S/C15H23Br/c1-2-3-4-5-6-7-14-8-10-15(11-9-14)12-13-16/h8-11H,2-7,12-13H2,1H3. The van der Waals surface area contributed by atoms with Gasteiger partial charge in [-0.1, -0.05) is 72.8 Å². The summed E-state index contributed by atoms with van der Waals surface area (Å²) in [5.74, 6) is 0. The fourth-order valence-electron chi connectivity index (χ4n) is 1.91. The van der Waals surface area contributed by atoms with E-state index in [4.69, 9.17) is 0 Å². The minimum Gasteiger partial charge on any atom is -0.0924 e. The van der Waals surface area contributed by atoms with Gasteiger partial charge in [0.05, 0.1) is 0 Å². The van der Waals surface area contributed by atoms with Crippen molar-refractivity contribution in [1.29, 1.82) is 0 Å². The molecule has 0 heterocycles. The van der Waals surface area contributed by atoms with Gasteiger partial charge in [0.1, 0.15) is 0 Å². The molecule has 0 nitrogen and oxygen atoms in total. The van der Waals surface area contributed by atoms with Crippen molar-refractivity contribution < 1.29 is 0 Å². The molecule has 1 rings (SSSR count). The molecule has 0 aliphatic heterocycles. The summed E-state index contributed by atoms with van der Waals surface area (Å²) in [6.07, 6.45) is 9.24. The van der Waals surface area contributed by atoms with Crippen molar-refractivity contribution >= 4 is 15.9 Å². The lowest BCUT2D eigenvalue weighted by Crippen LogP contribution is -1.89. The minimum atomic E-state index is 1.06. The molecule has 0 aliphatic carbocycles. The number of rotatable bonds is 8. The van der Waals surface area contributed by atoms with E-state index in [9.17, 15) is 0 Å². The van der Waals surface area contributed by atoms with Crippen molar-refractivity contribution in [2.45, 2.75) is 51.9 Å². The van der Waals surface area contributed by atoms with E-state index in [0.717, 1.165) is 11.8 Å². The molecule has 90 valence electrons. The summed E-state index contributed by atoms with van der Waals surface area (Å²) in [4.78, 5) is 0. The fourth-order valence-corrected chi connectivity index (χ4v) is 2.37. The fraction of sp³-hybridized carbons (Fsp3) is 0.600. The Hall–Kier alpha value is -0.300. The van der Waals surface area contributed by atoms with Gasteiger partial charge in [0.25, 0.3) is 0 Å². The molecule has 0 bridgehead atoms. The highest BCUT2D eigenvalue weighted by Gasteiger charge is 1.95. The first-order chi connectivity index (χ1) is 7.86. The van der Waals surface area contributed by atoms with Gasteiger partial charge in [-0.15, -0.1) is 0 Å². The molecular weight excluding hydrogens is 260 g/mol. The summed E-state index contributed by atoms with van der Waals surface area (Å²) in [5.41, 5.74) is 2.93. The van der Waals surface area contributed by atoms with E-state index in [-0.39, 0.29) is 0 Å². The summed E-state index contributed by atoms with van der Waals surface area (Å²) in [5, 5.41) is 1.06. The lowest BCUT2D eigenvalue weighted by molar-refractivity contribution is 0.632. The van der Waals surface area contributed by atoms with E-state index in [2.05, 4.69) is 47.1 Å². The zero-order chi connectivity index (χ0) is 11.6. The zero-order valence-corrected chi connectivity index (χ0v) is 11.9. The molecule has 0 aromatic heterocycles. The maximum absolute atomic E-state index is 3.47. The number of halogens is 1. The van der Waals surface area contributed by atoms with Crippen LogP contribution in [-0.4, -0.2) is 5.33 Å². The van der Waals surface area contributed by atoms with Crippen molar-refractivity contribution in [3.63, 3.8) is 0 Å². The highest BCUT2D eigenvalue weighted by atomic mass is 79.9. The van der Waals surface area contributed by atoms with Gasteiger partial charge in [0.15, 0.2) is 0 Å². The Balaban J connectivity index is 2.21. The highest BCUT2D eigenvalue weighted by Crippen LogP contribution is 2.11. The quantitative estimate of drug-likeness (QED) is 0.458. The molecule has 1 aromatic carbocycles. The number of alkyl halides is 1. The van der Waals surface area contributed by atoms with Gasteiger partial charge < -0.3 is 0 Å². The van der Waals surface area contributed by atoms with Crippen LogP contribution in [0, 0.1) is 0 Å². The van der Waals surface area contributed by atoms with Crippen molar-refractivity contribution in [3.8, 4) is 0 Å². The van der Waals surface area contributed by atoms with Gasteiger partial charge in [-0.05, 0) is 30.4 Å². The van der Waals surface area contributed by atoms with Gasteiger partial charge in [0, 0.05) is 5.33 Å². The predicted molar refractivity (Wildman–Crippen MR) is 76.4 cm³/mol. The second-order valence-corrected chi connectivity index (χ2v) is 5.21. The van der Waals surface area contributed by atoms with E-state index in [1.165, 1.54) is 49.7 Å². The van der Waals surface area contributed by atoms with Crippen molar-refractivity contribution in [2.24, 2.45) is 0 Å². The van der Waals surface area contributed by atoms with Crippen LogP contribution in [0.2, 0.25) is 0 Å². The molecule has 0 radical (unpaired) electrons. The van der Waals surface area contributed by atoms with Crippen molar-refractivity contribution in [1.82, 2.24) is 0 Å². The lowest BCUT2D eigenvalue weighted by Gasteiger charge is -2.03. The largest absolute Gasteiger partial charge is 0.0924 e. The first-order valence-electron chi connectivity index (χ1n) is 6.50. The summed E-state index contributed by atoms with van der Waals surface area (Å²) in [7, 11) is 0. The third kappa shape index (κ3) is 5.69. The molecule has 0 fully saturated rings. The second-order valence-electron chi connectivity index (χ2n) is 4.42. The molecule has 0 spiro atoms. The highest BCUT2D eigenvalue weighted by molar-refractivity contribution is 9.09. The average molecular weight is 283 g/mol. The molecule has 1 heteroatoms. The van der Waals surface area contributed by atoms with Crippen LogP contribution in [0.5, 0.6) is 0 Å². The summed E-state index contributed by atoms with van der Waals surface area (Å²) < 4.78 is 0. The van der Waals surface area contributed by atoms with Crippen LogP contribution in [0.1, 0.15) is 50.2 Å². The topological polar surface area (TPSA) is 0 Å².